The SMILES string of the molecule is CCOC(=O)CN(CCOC)C(=O)N1CCCCCC1. The highest BCUT2D eigenvalue weighted by Crippen LogP contribution is 2.12. The number of ether oxygens (including phenoxy) is 2. The molecular formula is C14H26N2O4. The summed E-state index contributed by atoms with van der Waals surface area (Å²) < 4.78 is 9.93. The van der Waals surface area contributed by atoms with E-state index in [-0.39, 0.29) is 18.5 Å². The number of hydrogen-bond donors (Lipinski definition) is 0. The van der Waals surface area contributed by atoms with E-state index in [1.54, 1.807) is 14.0 Å². The zero-order valence-electron chi connectivity index (χ0n) is 12.6. The molecule has 1 rings (SSSR count). The number of carbonyl (C=O) groups excluding carboxylic acids is 2. The maximum atomic E-state index is 12.5. The van der Waals surface area contributed by atoms with Crippen molar-refractivity contribution in [2.75, 3.05) is 46.5 Å². The topological polar surface area (TPSA) is 59.1 Å². The van der Waals surface area contributed by atoms with Crippen LogP contribution < -0.4 is 0 Å². The first kappa shape index (κ1) is 16.8. The van der Waals surface area contributed by atoms with Gasteiger partial charge in [0.1, 0.15) is 6.54 Å². The molecule has 0 aromatic carbocycles. The van der Waals surface area contributed by atoms with Gasteiger partial charge in [0, 0.05) is 26.7 Å². The molecule has 6 heteroatoms. The third kappa shape index (κ3) is 5.77. The predicted octanol–water partition coefficient (Wildman–Crippen LogP) is 1.49. The van der Waals surface area contributed by atoms with Gasteiger partial charge >= 0.3 is 12.0 Å². The lowest BCUT2D eigenvalue weighted by Crippen LogP contribution is -2.47. The highest BCUT2D eigenvalue weighted by atomic mass is 16.5. The molecule has 1 aliphatic heterocycles. The second kappa shape index (κ2) is 9.58. The van der Waals surface area contributed by atoms with Gasteiger partial charge in [-0.25, -0.2) is 4.79 Å². The third-order valence-electron chi connectivity index (χ3n) is 3.34. The Morgan fingerprint density at radius 1 is 1.15 bits per heavy atom. The smallest absolute Gasteiger partial charge is 0.325 e. The second-order valence-corrected chi connectivity index (χ2v) is 4.90. The fourth-order valence-corrected chi connectivity index (χ4v) is 2.27. The number of methoxy groups -OCH3 is 1. The van der Waals surface area contributed by atoms with E-state index in [1.165, 1.54) is 17.7 Å². The molecule has 0 aromatic heterocycles. The minimum atomic E-state index is -0.369. The van der Waals surface area contributed by atoms with Crippen molar-refractivity contribution in [3.63, 3.8) is 0 Å². The summed E-state index contributed by atoms with van der Waals surface area (Å²) in [6.07, 6.45) is 4.39. The van der Waals surface area contributed by atoms with E-state index < -0.39 is 0 Å². The standard InChI is InChI=1S/C14H26N2O4/c1-3-20-13(17)12-16(10-11-19-2)14(18)15-8-6-4-5-7-9-15/h3-12H2,1-2H3. The molecule has 1 saturated heterocycles. The van der Waals surface area contributed by atoms with Crippen LogP contribution in [0, 0.1) is 0 Å². The van der Waals surface area contributed by atoms with Crippen molar-refractivity contribution in [1.82, 2.24) is 9.80 Å². The molecule has 116 valence electrons. The fourth-order valence-electron chi connectivity index (χ4n) is 2.27. The summed E-state index contributed by atoms with van der Waals surface area (Å²) in [7, 11) is 1.58. The summed E-state index contributed by atoms with van der Waals surface area (Å²) >= 11 is 0. The Morgan fingerprint density at radius 2 is 1.80 bits per heavy atom. The number of hydrogen-bond acceptors (Lipinski definition) is 4. The average Bonchev–Trinajstić information content (AvgIpc) is 2.72. The van der Waals surface area contributed by atoms with Crippen molar-refractivity contribution in [1.29, 1.82) is 0 Å². The van der Waals surface area contributed by atoms with Crippen LogP contribution in [0.4, 0.5) is 4.79 Å². The molecule has 0 aliphatic carbocycles. The predicted molar refractivity (Wildman–Crippen MR) is 75.5 cm³/mol. The molecule has 0 atom stereocenters. The van der Waals surface area contributed by atoms with E-state index in [1.807, 2.05) is 4.90 Å². The Balaban J connectivity index is 2.59. The average molecular weight is 286 g/mol. The van der Waals surface area contributed by atoms with Gasteiger partial charge in [-0.15, -0.1) is 0 Å². The van der Waals surface area contributed by atoms with Crippen LogP contribution in [0.15, 0.2) is 0 Å². The van der Waals surface area contributed by atoms with Crippen molar-refractivity contribution in [2.45, 2.75) is 32.6 Å². The highest BCUT2D eigenvalue weighted by Gasteiger charge is 2.23. The van der Waals surface area contributed by atoms with Crippen molar-refractivity contribution >= 4 is 12.0 Å². The summed E-state index contributed by atoms with van der Waals surface area (Å²) in [4.78, 5) is 27.4. The number of carbonyl (C=O) groups is 2. The molecule has 0 saturated carbocycles. The summed E-state index contributed by atoms with van der Waals surface area (Å²) in [5, 5.41) is 0. The molecule has 1 fully saturated rings. The molecule has 0 unspecified atom stereocenters. The number of nitrogens with zero attached hydrogens (tertiary/aromatic N) is 2. The largest absolute Gasteiger partial charge is 0.465 e. The molecular weight excluding hydrogens is 260 g/mol. The van der Waals surface area contributed by atoms with Gasteiger partial charge in [-0.05, 0) is 19.8 Å². The Kier molecular flexibility index (Phi) is 8.02. The van der Waals surface area contributed by atoms with E-state index in [0.717, 1.165) is 25.9 Å². The van der Waals surface area contributed by atoms with Crippen LogP contribution >= 0.6 is 0 Å². The van der Waals surface area contributed by atoms with E-state index in [4.69, 9.17) is 9.47 Å². The Labute approximate surface area is 121 Å². The first-order valence-electron chi connectivity index (χ1n) is 7.37. The van der Waals surface area contributed by atoms with Crippen molar-refractivity contribution < 1.29 is 19.1 Å². The lowest BCUT2D eigenvalue weighted by Gasteiger charge is -2.29. The van der Waals surface area contributed by atoms with Crippen molar-refractivity contribution in [3.8, 4) is 0 Å². The summed E-state index contributed by atoms with van der Waals surface area (Å²) in [6.45, 7) is 4.44. The van der Waals surface area contributed by atoms with Gasteiger partial charge in [-0.2, -0.15) is 0 Å². The van der Waals surface area contributed by atoms with Gasteiger partial charge in [0.05, 0.1) is 13.2 Å². The minimum absolute atomic E-state index is 0.00741. The summed E-state index contributed by atoms with van der Waals surface area (Å²) in [5.74, 6) is -0.369. The lowest BCUT2D eigenvalue weighted by molar-refractivity contribution is -0.144. The maximum absolute atomic E-state index is 12.5. The van der Waals surface area contributed by atoms with Gasteiger partial charge in [-0.3, -0.25) is 4.79 Å². The maximum Gasteiger partial charge on any atom is 0.325 e. The van der Waals surface area contributed by atoms with Crippen LogP contribution in [-0.2, 0) is 14.3 Å². The van der Waals surface area contributed by atoms with Gasteiger partial charge in [0.15, 0.2) is 0 Å². The second-order valence-electron chi connectivity index (χ2n) is 4.90. The van der Waals surface area contributed by atoms with Gasteiger partial charge < -0.3 is 19.3 Å². The molecule has 20 heavy (non-hydrogen) atoms. The van der Waals surface area contributed by atoms with Crippen LogP contribution in [0.3, 0.4) is 0 Å². The van der Waals surface area contributed by atoms with Crippen LogP contribution in [0.2, 0.25) is 0 Å². The minimum Gasteiger partial charge on any atom is -0.465 e. The number of urea groups is 1. The molecule has 1 aliphatic rings. The van der Waals surface area contributed by atoms with E-state index >= 15 is 0 Å². The van der Waals surface area contributed by atoms with Crippen molar-refractivity contribution in [3.05, 3.63) is 0 Å². The zero-order chi connectivity index (χ0) is 14.8. The van der Waals surface area contributed by atoms with Crippen LogP contribution in [0.5, 0.6) is 0 Å². The molecule has 0 radical (unpaired) electrons. The Morgan fingerprint density at radius 3 is 2.35 bits per heavy atom. The highest BCUT2D eigenvalue weighted by molar-refractivity contribution is 5.81. The number of likely N-dealkylation sites (tertiary alicyclic amines) is 1. The molecule has 1 heterocycles. The van der Waals surface area contributed by atoms with E-state index in [0.29, 0.717) is 19.8 Å². The molecule has 0 N–H and O–H groups in total. The Bertz CT molecular complexity index is 302. The molecule has 2 amide bonds. The lowest BCUT2D eigenvalue weighted by atomic mass is 10.2. The Hall–Kier alpha value is -1.30. The third-order valence-corrected chi connectivity index (χ3v) is 3.34. The molecule has 0 spiro atoms. The van der Waals surface area contributed by atoms with Crippen molar-refractivity contribution in [2.24, 2.45) is 0 Å². The molecule has 0 aromatic rings. The first-order valence-corrected chi connectivity index (χ1v) is 7.37. The van der Waals surface area contributed by atoms with Crippen LogP contribution in [0.1, 0.15) is 32.6 Å². The van der Waals surface area contributed by atoms with Crippen LogP contribution in [-0.4, -0.2) is 68.3 Å². The van der Waals surface area contributed by atoms with Gasteiger partial charge in [0.2, 0.25) is 0 Å². The first-order chi connectivity index (χ1) is 9.69. The number of amides is 2. The quantitative estimate of drug-likeness (QED) is 0.694. The van der Waals surface area contributed by atoms with E-state index in [2.05, 4.69) is 0 Å². The summed E-state index contributed by atoms with van der Waals surface area (Å²) in [6, 6.07) is -0.0861. The number of esters is 1. The molecule has 0 bridgehead atoms. The summed E-state index contributed by atoms with van der Waals surface area (Å²) in [5.41, 5.74) is 0. The monoisotopic (exact) mass is 286 g/mol. The fraction of sp³-hybridized carbons (Fsp3) is 0.857. The number of rotatable bonds is 6. The molecule has 6 nitrogen and oxygen atoms in total. The normalized spacial score (nSPS) is 15.6. The van der Waals surface area contributed by atoms with Crippen LogP contribution in [0.25, 0.3) is 0 Å². The zero-order valence-corrected chi connectivity index (χ0v) is 12.6. The van der Waals surface area contributed by atoms with Gasteiger partial charge in [0.25, 0.3) is 0 Å². The van der Waals surface area contributed by atoms with Gasteiger partial charge in [-0.1, -0.05) is 12.8 Å². The van der Waals surface area contributed by atoms with E-state index in [9.17, 15) is 9.59 Å².